The van der Waals surface area contributed by atoms with E-state index in [1.807, 2.05) is 11.0 Å². The highest BCUT2D eigenvalue weighted by molar-refractivity contribution is 5.87. The van der Waals surface area contributed by atoms with Gasteiger partial charge < -0.3 is 10.2 Å². The molecule has 5 nitrogen and oxygen atoms in total. The van der Waals surface area contributed by atoms with Crippen LogP contribution < -0.4 is 10.6 Å². The zero-order valence-corrected chi connectivity index (χ0v) is 12.3. The van der Waals surface area contributed by atoms with Crippen molar-refractivity contribution in [2.75, 3.05) is 13.1 Å². The van der Waals surface area contributed by atoms with Crippen LogP contribution in [0.1, 0.15) is 24.0 Å². The van der Waals surface area contributed by atoms with Gasteiger partial charge in [0.05, 0.1) is 6.54 Å². The number of hydrogen-bond donors (Lipinski definition) is 2. The van der Waals surface area contributed by atoms with Gasteiger partial charge in [0.15, 0.2) is 0 Å². The van der Waals surface area contributed by atoms with Crippen LogP contribution in [0.3, 0.4) is 0 Å². The molecule has 1 aliphatic heterocycles. The first-order valence-corrected chi connectivity index (χ1v) is 7.49. The van der Waals surface area contributed by atoms with Crippen molar-refractivity contribution in [1.29, 1.82) is 0 Å². The fourth-order valence-corrected chi connectivity index (χ4v) is 2.72. The van der Waals surface area contributed by atoms with E-state index in [4.69, 9.17) is 0 Å². The van der Waals surface area contributed by atoms with Crippen molar-refractivity contribution in [3.63, 3.8) is 0 Å². The van der Waals surface area contributed by atoms with Crippen LogP contribution in [0.25, 0.3) is 0 Å². The molecule has 0 spiro atoms. The van der Waals surface area contributed by atoms with E-state index in [1.165, 1.54) is 5.56 Å². The largest absolute Gasteiger partial charge is 0.353 e. The molecule has 1 aliphatic carbocycles. The Hall–Kier alpha value is -1.88. The highest BCUT2D eigenvalue weighted by atomic mass is 16.2. The lowest BCUT2D eigenvalue weighted by atomic mass is 10.1. The van der Waals surface area contributed by atoms with Crippen molar-refractivity contribution in [3.8, 4) is 0 Å². The van der Waals surface area contributed by atoms with E-state index in [1.54, 1.807) is 0 Å². The minimum Gasteiger partial charge on any atom is -0.353 e. The third-order valence-corrected chi connectivity index (χ3v) is 4.02. The molecule has 1 aromatic rings. The molecule has 1 saturated heterocycles. The zero-order valence-electron chi connectivity index (χ0n) is 12.3. The molecule has 112 valence electrons. The Labute approximate surface area is 124 Å². The standard InChI is InChI=1S/C16H21N3O2/c1-11-3-2-4-12(7-11)10-19(13-5-6-13)16(21)14-8-18-15(20)9-17-14/h2-4,7,13-14,17H,5-6,8-10H2,1H3,(H,18,20). The topological polar surface area (TPSA) is 61.4 Å². The second-order valence-electron chi connectivity index (χ2n) is 5.92. The molecule has 1 atom stereocenters. The Morgan fingerprint density at radius 2 is 2.19 bits per heavy atom. The first-order chi connectivity index (χ1) is 10.1. The summed E-state index contributed by atoms with van der Waals surface area (Å²) < 4.78 is 0. The minimum atomic E-state index is -0.298. The molecule has 2 aliphatic rings. The van der Waals surface area contributed by atoms with E-state index in [-0.39, 0.29) is 24.4 Å². The number of nitrogens with one attached hydrogen (secondary N) is 2. The molecule has 0 bridgehead atoms. The van der Waals surface area contributed by atoms with E-state index in [9.17, 15) is 9.59 Å². The van der Waals surface area contributed by atoms with E-state index >= 15 is 0 Å². The van der Waals surface area contributed by atoms with Crippen LogP contribution in [0.5, 0.6) is 0 Å². The first-order valence-electron chi connectivity index (χ1n) is 7.49. The zero-order chi connectivity index (χ0) is 14.8. The molecule has 2 amide bonds. The second-order valence-corrected chi connectivity index (χ2v) is 5.92. The number of hydrogen-bond acceptors (Lipinski definition) is 3. The Morgan fingerprint density at radius 1 is 1.38 bits per heavy atom. The summed E-state index contributed by atoms with van der Waals surface area (Å²) in [6.45, 7) is 3.32. The smallest absolute Gasteiger partial charge is 0.242 e. The maximum atomic E-state index is 12.7. The molecule has 1 aromatic carbocycles. The molecule has 1 unspecified atom stereocenters. The van der Waals surface area contributed by atoms with Crippen LogP contribution in [0.15, 0.2) is 24.3 Å². The van der Waals surface area contributed by atoms with Crippen molar-refractivity contribution in [1.82, 2.24) is 15.5 Å². The number of aryl methyl sites for hydroxylation is 1. The normalized spacial score (nSPS) is 21.8. The van der Waals surface area contributed by atoms with Crippen LogP contribution in [-0.2, 0) is 16.1 Å². The van der Waals surface area contributed by atoms with E-state index < -0.39 is 0 Å². The van der Waals surface area contributed by atoms with Gasteiger partial charge in [-0.05, 0) is 25.3 Å². The van der Waals surface area contributed by atoms with E-state index in [0.29, 0.717) is 19.1 Å². The van der Waals surface area contributed by atoms with E-state index in [2.05, 4.69) is 35.8 Å². The lowest BCUT2D eigenvalue weighted by molar-refractivity contribution is -0.136. The van der Waals surface area contributed by atoms with Crippen LogP contribution in [0, 0.1) is 6.92 Å². The predicted molar refractivity (Wildman–Crippen MR) is 79.6 cm³/mol. The van der Waals surface area contributed by atoms with Gasteiger partial charge in [0.2, 0.25) is 11.8 Å². The maximum Gasteiger partial charge on any atom is 0.242 e. The van der Waals surface area contributed by atoms with Gasteiger partial charge in [-0.15, -0.1) is 0 Å². The molecule has 2 N–H and O–H groups in total. The summed E-state index contributed by atoms with van der Waals surface area (Å²) in [6.07, 6.45) is 2.16. The SMILES string of the molecule is Cc1cccc(CN(C(=O)C2CNC(=O)CN2)C2CC2)c1. The van der Waals surface area contributed by atoms with Gasteiger partial charge in [-0.25, -0.2) is 0 Å². The predicted octanol–water partition coefficient (Wildman–Crippen LogP) is 0.574. The summed E-state index contributed by atoms with van der Waals surface area (Å²) >= 11 is 0. The third-order valence-electron chi connectivity index (χ3n) is 4.02. The number of nitrogens with zero attached hydrogens (tertiary/aromatic N) is 1. The summed E-state index contributed by atoms with van der Waals surface area (Å²) in [7, 11) is 0. The first kappa shape index (κ1) is 14.1. The summed E-state index contributed by atoms with van der Waals surface area (Å²) in [5, 5.41) is 5.78. The monoisotopic (exact) mass is 287 g/mol. The average Bonchev–Trinajstić information content (AvgIpc) is 3.29. The van der Waals surface area contributed by atoms with E-state index in [0.717, 1.165) is 18.4 Å². The maximum absolute atomic E-state index is 12.7. The third kappa shape index (κ3) is 3.42. The number of carbonyl (C=O) groups excluding carboxylic acids is 2. The summed E-state index contributed by atoms with van der Waals surface area (Å²) in [6, 6.07) is 8.33. The van der Waals surface area contributed by atoms with Gasteiger partial charge in [-0.3, -0.25) is 14.9 Å². The highest BCUT2D eigenvalue weighted by Gasteiger charge is 2.36. The van der Waals surface area contributed by atoms with Gasteiger partial charge in [0.25, 0.3) is 0 Å². The van der Waals surface area contributed by atoms with Crippen LogP contribution in [-0.4, -0.2) is 41.9 Å². The molecular formula is C16H21N3O2. The summed E-state index contributed by atoms with van der Waals surface area (Å²) in [5.74, 6) is 0.0507. The molecule has 2 fully saturated rings. The molecular weight excluding hydrogens is 266 g/mol. The number of amides is 2. The summed E-state index contributed by atoms with van der Waals surface area (Å²) in [5.41, 5.74) is 2.37. The van der Waals surface area contributed by atoms with Crippen molar-refractivity contribution >= 4 is 11.8 Å². The Balaban J connectivity index is 1.69. The van der Waals surface area contributed by atoms with Crippen molar-refractivity contribution in [2.24, 2.45) is 0 Å². The van der Waals surface area contributed by atoms with Crippen molar-refractivity contribution in [3.05, 3.63) is 35.4 Å². The molecule has 1 saturated carbocycles. The summed E-state index contributed by atoms with van der Waals surface area (Å²) in [4.78, 5) is 25.8. The highest BCUT2D eigenvalue weighted by Crippen LogP contribution is 2.29. The quantitative estimate of drug-likeness (QED) is 0.851. The van der Waals surface area contributed by atoms with Gasteiger partial charge >= 0.3 is 0 Å². The minimum absolute atomic E-state index is 0.0456. The Kier molecular flexibility index (Phi) is 3.92. The van der Waals surface area contributed by atoms with Crippen LogP contribution in [0.4, 0.5) is 0 Å². The molecule has 3 rings (SSSR count). The lowest BCUT2D eigenvalue weighted by Gasteiger charge is -2.30. The van der Waals surface area contributed by atoms with Gasteiger partial charge in [-0.1, -0.05) is 29.8 Å². The molecule has 21 heavy (non-hydrogen) atoms. The number of carbonyl (C=O) groups is 2. The molecule has 5 heteroatoms. The van der Waals surface area contributed by atoms with Crippen LogP contribution in [0.2, 0.25) is 0 Å². The van der Waals surface area contributed by atoms with Crippen LogP contribution >= 0.6 is 0 Å². The van der Waals surface area contributed by atoms with Gasteiger partial charge in [-0.2, -0.15) is 0 Å². The van der Waals surface area contributed by atoms with Crippen molar-refractivity contribution < 1.29 is 9.59 Å². The number of benzene rings is 1. The molecule has 0 radical (unpaired) electrons. The fraction of sp³-hybridized carbons (Fsp3) is 0.500. The lowest BCUT2D eigenvalue weighted by Crippen LogP contribution is -2.58. The molecule has 1 heterocycles. The fourth-order valence-electron chi connectivity index (χ4n) is 2.72. The van der Waals surface area contributed by atoms with Gasteiger partial charge in [0.1, 0.15) is 6.04 Å². The number of rotatable bonds is 4. The average molecular weight is 287 g/mol. The van der Waals surface area contributed by atoms with Crippen molar-refractivity contribution in [2.45, 2.75) is 38.4 Å². The number of piperazine rings is 1. The second kappa shape index (κ2) is 5.85. The molecule has 0 aromatic heterocycles. The van der Waals surface area contributed by atoms with Gasteiger partial charge in [0, 0.05) is 19.1 Å². The Bertz CT molecular complexity index is 544. The Morgan fingerprint density at radius 3 is 2.81 bits per heavy atom.